The van der Waals surface area contributed by atoms with Crippen LogP contribution in [0.4, 0.5) is 0 Å². The molecule has 3 heteroatoms. The van der Waals surface area contributed by atoms with Gasteiger partial charge in [0, 0.05) is 0 Å². The van der Waals surface area contributed by atoms with Crippen molar-refractivity contribution >= 4 is 16.8 Å². The lowest BCUT2D eigenvalue weighted by Gasteiger charge is -2.20. The van der Waals surface area contributed by atoms with E-state index in [4.69, 9.17) is 16.9 Å². The van der Waals surface area contributed by atoms with Gasteiger partial charge in [0.05, 0.1) is 17.0 Å². The third-order valence-electron chi connectivity index (χ3n) is 2.21. The Kier molecular flexibility index (Phi) is 2.93. The Morgan fingerprint density at radius 2 is 2.00 bits per heavy atom. The van der Waals surface area contributed by atoms with Crippen LogP contribution in [0.2, 0.25) is 0 Å². The van der Waals surface area contributed by atoms with Crippen molar-refractivity contribution in [1.82, 2.24) is 0 Å². The molecule has 2 nitrogen and oxygen atoms in total. The van der Waals surface area contributed by atoms with Crippen LogP contribution in [-0.4, -0.2) is 5.24 Å². The Morgan fingerprint density at radius 1 is 1.43 bits per heavy atom. The van der Waals surface area contributed by atoms with Crippen molar-refractivity contribution in [2.24, 2.45) is 0 Å². The highest BCUT2D eigenvalue weighted by Gasteiger charge is 2.30. The van der Waals surface area contributed by atoms with Gasteiger partial charge in [-0.25, -0.2) is 0 Å². The van der Waals surface area contributed by atoms with Crippen LogP contribution in [0.15, 0.2) is 24.3 Å². The van der Waals surface area contributed by atoms with Crippen molar-refractivity contribution in [3.05, 3.63) is 35.4 Å². The Morgan fingerprint density at radius 3 is 2.50 bits per heavy atom. The smallest absolute Gasteiger partial charge is 0.231 e. The number of benzene rings is 1. The number of hydrogen-bond donors (Lipinski definition) is 0. The molecule has 0 fully saturated rings. The van der Waals surface area contributed by atoms with Crippen LogP contribution in [0, 0.1) is 11.3 Å². The minimum atomic E-state index is -0.812. The van der Waals surface area contributed by atoms with E-state index in [0.717, 1.165) is 0 Å². The summed E-state index contributed by atoms with van der Waals surface area (Å²) in [7, 11) is 0. The maximum Gasteiger partial charge on any atom is 0.231 e. The standard InChI is InChI=1S/C11H10ClNO/c1-11(2,10(12)14)9-6-4-3-5-8(9)7-13/h3-6H,1-2H3. The zero-order valence-electron chi connectivity index (χ0n) is 8.04. The third kappa shape index (κ3) is 1.78. The first-order valence-corrected chi connectivity index (χ1v) is 4.57. The second-order valence-electron chi connectivity index (χ2n) is 3.56. The number of nitrogens with zero attached hydrogens (tertiary/aromatic N) is 1. The molecule has 0 aliphatic carbocycles. The van der Waals surface area contributed by atoms with Crippen molar-refractivity contribution in [1.29, 1.82) is 5.26 Å². The first-order chi connectivity index (χ1) is 6.50. The van der Waals surface area contributed by atoms with Gasteiger partial charge in [-0.2, -0.15) is 5.26 Å². The molecule has 0 unspecified atom stereocenters. The summed E-state index contributed by atoms with van der Waals surface area (Å²) in [6.45, 7) is 3.41. The third-order valence-corrected chi connectivity index (χ3v) is 2.68. The molecule has 0 aliphatic rings. The van der Waals surface area contributed by atoms with Crippen molar-refractivity contribution in [3.63, 3.8) is 0 Å². The summed E-state index contributed by atoms with van der Waals surface area (Å²) in [4.78, 5) is 11.2. The molecule has 0 atom stereocenters. The average molecular weight is 208 g/mol. The van der Waals surface area contributed by atoms with Gasteiger partial charge in [-0.15, -0.1) is 0 Å². The van der Waals surface area contributed by atoms with E-state index in [-0.39, 0.29) is 0 Å². The molecule has 1 aromatic rings. The molecule has 1 aromatic carbocycles. The molecule has 0 saturated carbocycles. The first kappa shape index (κ1) is 10.7. The lowest BCUT2D eigenvalue weighted by atomic mass is 9.83. The van der Waals surface area contributed by atoms with Crippen LogP contribution in [0.1, 0.15) is 25.0 Å². The van der Waals surface area contributed by atoms with Gasteiger partial charge in [0.1, 0.15) is 0 Å². The Hall–Kier alpha value is -1.33. The van der Waals surface area contributed by atoms with Crippen LogP contribution in [0.3, 0.4) is 0 Å². The van der Waals surface area contributed by atoms with Crippen molar-refractivity contribution < 1.29 is 4.79 Å². The number of halogens is 1. The van der Waals surface area contributed by atoms with Gasteiger partial charge in [-0.3, -0.25) is 4.79 Å². The maximum absolute atomic E-state index is 11.2. The summed E-state index contributed by atoms with van der Waals surface area (Å²) in [5.74, 6) is 0. The fourth-order valence-corrected chi connectivity index (χ4v) is 1.33. The number of nitriles is 1. The summed E-state index contributed by atoms with van der Waals surface area (Å²) in [6.07, 6.45) is 0. The second kappa shape index (κ2) is 3.81. The molecule has 0 N–H and O–H groups in total. The summed E-state index contributed by atoms with van der Waals surface area (Å²) >= 11 is 5.48. The molecule has 14 heavy (non-hydrogen) atoms. The molecule has 72 valence electrons. The predicted octanol–water partition coefficient (Wildman–Crippen LogP) is 2.60. The lowest BCUT2D eigenvalue weighted by Crippen LogP contribution is -2.25. The van der Waals surface area contributed by atoms with Crippen LogP contribution in [0.25, 0.3) is 0 Å². The molecular formula is C11H10ClNO. The highest BCUT2D eigenvalue weighted by molar-refractivity contribution is 6.65. The number of hydrogen-bond acceptors (Lipinski definition) is 2. The fraction of sp³-hybridized carbons (Fsp3) is 0.273. The van der Waals surface area contributed by atoms with Gasteiger partial charge in [-0.1, -0.05) is 18.2 Å². The van der Waals surface area contributed by atoms with E-state index >= 15 is 0 Å². The SMILES string of the molecule is CC(C)(C(=O)Cl)c1ccccc1C#N. The lowest BCUT2D eigenvalue weighted by molar-refractivity contribution is -0.115. The van der Waals surface area contributed by atoms with Crippen molar-refractivity contribution in [2.45, 2.75) is 19.3 Å². The number of carbonyl (C=O) groups excluding carboxylic acids is 1. The largest absolute Gasteiger partial charge is 0.280 e. The van der Waals surface area contributed by atoms with Gasteiger partial charge in [-0.05, 0) is 37.1 Å². The zero-order chi connectivity index (χ0) is 10.8. The molecule has 0 aliphatic heterocycles. The van der Waals surface area contributed by atoms with Gasteiger partial charge in [0.15, 0.2) is 0 Å². The van der Waals surface area contributed by atoms with E-state index in [1.807, 2.05) is 6.07 Å². The molecule has 0 radical (unpaired) electrons. The summed E-state index contributed by atoms with van der Waals surface area (Å²) in [5.41, 5.74) is 0.349. The minimum Gasteiger partial charge on any atom is -0.280 e. The van der Waals surface area contributed by atoms with Gasteiger partial charge < -0.3 is 0 Å². The van der Waals surface area contributed by atoms with Crippen LogP contribution < -0.4 is 0 Å². The molecule has 0 aromatic heterocycles. The Bertz CT molecular complexity index is 404. The highest BCUT2D eigenvalue weighted by atomic mass is 35.5. The zero-order valence-corrected chi connectivity index (χ0v) is 8.80. The first-order valence-electron chi connectivity index (χ1n) is 4.19. The summed E-state index contributed by atoms with van der Waals surface area (Å²) in [6, 6.07) is 9.02. The van der Waals surface area contributed by atoms with Gasteiger partial charge >= 0.3 is 0 Å². The van der Waals surface area contributed by atoms with Crippen LogP contribution in [0.5, 0.6) is 0 Å². The molecule has 1 rings (SSSR count). The normalized spacial score (nSPS) is 10.7. The quantitative estimate of drug-likeness (QED) is 0.700. The average Bonchev–Trinajstić information content (AvgIpc) is 2.17. The van der Waals surface area contributed by atoms with Crippen LogP contribution in [-0.2, 0) is 10.2 Å². The fourth-order valence-electron chi connectivity index (χ4n) is 1.23. The molecule has 0 saturated heterocycles. The Labute approximate surface area is 88.1 Å². The maximum atomic E-state index is 11.2. The molecule has 0 spiro atoms. The van der Waals surface area contributed by atoms with Crippen LogP contribution >= 0.6 is 11.6 Å². The minimum absolute atomic E-state index is 0.458. The summed E-state index contributed by atoms with van der Waals surface area (Å²) in [5, 5.41) is 8.40. The molecule has 0 bridgehead atoms. The monoisotopic (exact) mass is 207 g/mol. The van der Waals surface area contributed by atoms with Crippen molar-refractivity contribution in [3.8, 4) is 6.07 Å². The van der Waals surface area contributed by atoms with Gasteiger partial charge in [0.2, 0.25) is 5.24 Å². The van der Waals surface area contributed by atoms with E-state index in [9.17, 15) is 4.79 Å². The topological polar surface area (TPSA) is 40.9 Å². The van der Waals surface area contributed by atoms with Gasteiger partial charge in [0.25, 0.3) is 0 Å². The van der Waals surface area contributed by atoms with E-state index in [1.165, 1.54) is 0 Å². The van der Waals surface area contributed by atoms with E-state index in [1.54, 1.807) is 38.1 Å². The second-order valence-corrected chi connectivity index (χ2v) is 3.90. The van der Waals surface area contributed by atoms with E-state index in [0.29, 0.717) is 11.1 Å². The predicted molar refractivity (Wildman–Crippen MR) is 55.0 cm³/mol. The Balaban J connectivity index is 3.33. The van der Waals surface area contributed by atoms with E-state index < -0.39 is 10.7 Å². The number of carbonyl (C=O) groups is 1. The van der Waals surface area contributed by atoms with Crippen molar-refractivity contribution in [2.75, 3.05) is 0 Å². The summed E-state index contributed by atoms with van der Waals surface area (Å²) < 4.78 is 0. The van der Waals surface area contributed by atoms with E-state index in [2.05, 4.69) is 0 Å². The highest BCUT2D eigenvalue weighted by Crippen LogP contribution is 2.28. The number of rotatable bonds is 2. The molecule has 0 amide bonds. The molecule has 0 heterocycles. The molecular weight excluding hydrogens is 198 g/mol.